The zero-order valence-electron chi connectivity index (χ0n) is 13.4. The van der Waals surface area contributed by atoms with E-state index >= 15 is 0 Å². The van der Waals surface area contributed by atoms with Crippen molar-refractivity contribution in [3.8, 4) is 11.3 Å². The first-order valence-corrected chi connectivity index (χ1v) is 7.91. The number of carbonyl (C=O) groups excluding carboxylic acids is 2. The van der Waals surface area contributed by atoms with E-state index < -0.39 is 11.8 Å². The molecule has 124 valence electrons. The lowest BCUT2D eigenvalue weighted by molar-refractivity contribution is 0.0992. The molecule has 0 aliphatic heterocycles. The van der Waals surface area contributed by atoms with Gasteiger partial charge in [-0.1, -0.05) is 18.2 Å². The molecule has 0 spiro atoms. The maximum Gasteiger partial charge on any atom is 0.248 e. The molecule has 0 saturated heterocycles. The highest BCUT2D eigenvalue weighted by molar-refractivity contribution is 5.95. The predicted molar refractivity (Wildman–Crippen MR) is 93.1 cm³/mol. The Bertz CT molecular complexity index is 1000. The molecule has 4 rings (SSSR count). The smallest absolute Gasteiger partial charge is 0.248 e. The first-order valence-electron chi connectivity index (χ1n) is 7.91. The Morgan fingerprint density at radius 2 is 1.68 bits per heavy atom. The van der Waals surface area contributed by atoms with Crippen molar-refractivity contribution in [2.45, 2.75) is 12.8 Å². The fourth-order valence-corrected chi connectivity index (χ4v) is 3.25. The molecular formula is C19H16N4O2. The third-order valence-corrected chi connectivity index (χ3v) is 4.59. The minimum atomic E-state index is -0.443. The van der Waals surface area contributed by atoms with Gasteiger partial charge in [-0.2, -0.15) is 5.10 Å². The Balaban J connectivity index is 1.64. The number of nitrogens with one attached hydrogen (secondary N) is 1. The lowest BCUT2D eigenvalue weighted by Crippen LogP contribution is -2.10. The fraction of sp³-hybridized carbons (Fsp3) is 0.105. The van der Waals surface area contributed by atoms with E-state index in [0.717, 1.165) is 40.1 Å². The van der Waals surface area contributed by atoms with Crippen LogP contribution in [0.15, 0.2) is 42.5 Å². The van der Waals surface area contributed by atoms with Gasteiger partial charge in [0.05, 0.1) is 5.69 Å². The van der Waals surface area contributed by atoms with Gasteiger partial charge in [0.25, 0.3) is 0 Å². The zero-order chi connectivity index (χ0) is 17.6. The van der Waals surface area contributed by atoms with Gasteiger partial charge < -0.3 is 11.5 Å². The molecule has 0 unspecified atom stereocenters. The van der Waals surface area contributed by atoms with Gasteiger partial charge in [-0.3, -0.25) is 14.7 Å². The molecule has 1 aromatic heterocycles. The van der Waals surface area contributed by atoms with E-state index in [0.29, 0.717) is 17.5 Å². The topological polar surface area (TPSA) is 115 Å². The Kier molecular flexibility index (Phi) is 3.39. The van der Waals surface area contributed by atoms with Crippen molar-refractivity contribution in [1.82, 2.24) is 10.2 Å². The summed E-state index contributed by atoms with van der Waals surface area (Å²) < 4.78 is 0. The number of H-pyrrole nitrogens is 1. The predicted octanol–water partition coefficient (Wildman–Crippen LogP) is 1.77. The number of hydrogen-bond donors (Lipinski definition) is 3. The van der Waals surface area contributed by atoms with E-state index in [1.54, 1.807) is 24.3 Å². The molecule has 0 bridgehead atoms. The number of carbonyl (C=O) groups is 2. The van der Waals surface area contributed by atoms with Crippen LogP contribution in [-0.2, 0) is 12.8 Å². The second-order valence-electron chi connectivity index (χ2n) is 6.18. The number of aromatic amines is 1. The molecule has 6 heteroatoms. The average molecular weight is 332 g/mol. The van der Waals surface area contributed by atoms with E-state index in [1.807, 2.05) is 18.2 Å². The first kappa shape index (κ1) is 15.1. The SMILES string of the molecule is NC(=O)c1ccc(Cc2[nH]nc3c2Cc2ccc(C(N)=O)cc2-3)cc1. The number of primary amides is 2. The van der Waals surface area contributed by atoms with Gasteiger partial charge >= 0.3 is 0 Å². The van der Waals surface area contributed by atoms with Crippen LogP contribution in [0.4, 0.5) is 0 Å². The van der Waals surface area contributed by atoms with Crippen LogP contribution in [0.5, 0.6) is 0 Å². The van der Waals surface area contributed by atoms with Crippen LogP contribution in [0.25, 0.3) is 11.3 Å². The molecule has 0 saturated carbocycles. The standard InChI is InChI=1S/C19H16N4O2/c20-18(24)11-3-1-10(2-4-11)7-16-15-8-12-5-6-13(19(21)25)9-14(12)17(15)23-22-16/h1-6,9H,7-8H2,(H2,20,24)(H2,21,25)(H,22,23). The molecule has 6 nitrogen and oxygen atoms in total. The van der Waals surface area contributed by atoms with Crippen LogP contribution in [0.1, 0.15) is 43.1 Å². The van der Waals surface area contributed by atoms with E-state index in [2.05, 4.69) is 10.2 Å². The second-order valence-corrected chi connectivity index (χ2v) is 6.18. The van der Waals surface area contributed by atoms with Gasteiger partial charge in [-0.15, -0.1) is 0 Å². The van der Waals surface area contributed by atoms with Gasteiger partial charge in [0.15, 0.2) is 0 Å². The lowest BCUT2D eigenvalue weighted by Gasteiger charge is -2.03. The van der Waals surface area contributed by atoms with Gasteiger partial charge in [0.1, 0.15) is 0 Å². The molecule has 25 heavy (non-hydrogen) atoms. The Morgan fingerprint density at radius 1 is 1.00 bits per heavy atom. The summed E-state index contributed by atoms with van der Waals surface area (Å²) in [5.41, 5.74) is 17.8. The molecule has 2 amide bonds. The van der Waals surface area contributed by atoms with Crippen LogP contribution >= 0.6 is 0 Å². The average Bonchev–Trinajstić information content (AvgIpc) is 3.14. The van der Waals surface area contributed by atoms with Crippen LogP contribution < -0.4 is 11.5 Å². The highest BCUT2D eigenvalue weighted by atomic mass is 16.1. The largest absolute Gasteiger partial charge is 0.366 e. The summed E-state index contributed by atoms with van der Waals surface area (Å²) in [7, 11) is 0. The molecule has 0 fully saturated rings. The van der Waals surface area contributed by atoms with E-state index in [9.17, 15) is 9.59 Å². The van der Waals surface area contributed by atoms with E-state index in [1.165, 1.54) is 0 Å². The highest BCUT2D eigenvalue weighted by Crippen LogP contribution is 2.37. The summed E-state index contributed by atoms with van der Waals surface area (Å²) in [5.74, 6) is -0.878. The van der Waals surface area contributed by atoms with Crippen molar-refractivity contribution >= 4 is 11.8 Å². The zero-order valence-corrected chi connectivity index (χ0v) is 13.4. The van der Waals surface area contributed by atoms with Gasteiger partial charge in [-0.05, 0) is 35.4 Å². The van der Waals surface area contributed by atoms with Crippen molar-refractivity contribution in [1.29, 1.82) is 0 Å². The summed E-state index contributed by atoms with van der Waals surface area (Å²) in [4.78, 5) is 22.6. The molecule has 1 heterocycles. The summed E-state index contributed by atoms with van der Waals surface area (Å²) in [6.07, 6.45) is 1.45. The summed E-state index contributed by atoms with van der Waals surface area (Å²) in [6.45, 7) is 0. The third-order valence-electron chi connectivity index (χ3n) is 4.59. The number of nitrogens with zero attached hydrogens (tertiary/aromatic N) is 1. The van der Waals surface area contributed by atoms with Crippen LogP contribution in [-0.4, -0.2) is 22.0 Å². The van der Waals surface area contributed by atoms with E-state index in [4.69, 9.17) is 11.5 Å². The third kappa shape index (κ3) is 2.57. The molecule has 0 atom stereocenters. The van der Waals surface area contributed by atoms with E-state index in [-0.39, 0.29) is 0 Å². The Labute approximate surface area is 143 Å². The van der Waals surface area contributed by atoms with Gasteiger partial charge in [0, 0.05) is 40.8 Å². The highest BCUT2D eigenvalue weighted by Gasteiger charge is 2.25. The van der Waals surface area contributed by atoms with Crippen molar-refractivity contribution < 1.29 is 9.59 Å². The second kappa shape index (κ2) is 5.59. The van der Waals surface area contributed by atoms with Crippen molar-refractivity contribution in [2.75, 3.05) is 0 Å². The van der Waals surface area contributed by atoms with Crippen molar-refractivity contribution in [2.24, 2.45) is 11.5 Å². The van der Waals surface area contributed by atoms with Crippen molar-refractivity contribution in [3.05, 3.63) is 76.0 Å². The quantitative estimate of drug-likeness (QED) is 0.529. The number of fused-ring (bicyclic) bond motifs is 3. The molecule has 1 aliphatic rings. The molecule has 2 aromatic carbocycles. The summed E-state index contributed by atoms with van der Waals surface area (Å²) >= 11 is 0. The summed E-state index contributed by atoms with van der Waals surface area (Å²) in [6, 6.07) is 12.7. The summed E-state index contributed by atoms with van der Waals surface area (Å²) in [5, 5.41) is 7.52. The number of benzene rings is 2. The molecular weight excluding hydrogens is 316 g/mol. The minimum absolute atomic E-state index is 0.435. The molecule has 5 N–H and O–H groups in total. The van der Waals surface area contributed by atoms with Crippen LogP contribution in [0.2, 0.25) is 0 Å². The number of rotatable bonds is 4. The number of aromatic nitrogens is 2. The molecule has 0 radical (unpaired) electrons. The van der Waals surface area contributed by atoms with Gasteiger partial charge in [0.2, 0.25) is 11.8 Å². The normalized spacial score (nSPS) is 11.8. The number of nitrogens with two attached hydrogens (primary N) is 2. The van der Waals surface area contributed by atoms with Crippen LogP contribution in [0.3, 0.4) is 0 Å². The number of hydrogen-bond acceptors (Lipinski definition) is 3. The fourth-order valence-electron chi connectivity index (χ4n) is 3.25. The minimum Gasteiger partial charge on any atom is -0.366 e. The van der Waals surface area contributed by atoms with Gasteiger partial charge in [-0.25, -0.2) is 0 Å². The molecule has 1 aliphatic carbocycles. The van der Waals surface area contributed by atoms with Crippen LogP contribution in [0, 0.1) is 0 Å². The monoisotopic (exact) mass is 332 g/mol. The maximum absolute atomic E-state index is 11.4. The van der Waals surface area contributed by atoms with Crippen molar-refractivity contribution in [3.63, 3.8) is 0 Å². The number of amides is 2. The maximum atomic E-state index is 11.4. The Hall–Kier alpha value is -3.41. The first-order chi connectivity index (χ1) is 12.0. The Morgan fingerprint density at radius 3 is 2.36 bits per heavy atom. The molecule has 3 aromatic rings. The lowest BCUT2D eigenvalue weighted by atomic mass is 10.0.